The summed E-state index contributed by atoms with van der Waals surface area (Å²) in [5.41, 5.74) is -0.902. The highest BCUT2D eigenvalue weighted by molar-refractivity contribution is 5.66. The minimum atomic E-state index is -0.902. The van der Waals surface area contributed by atoms with Gasteiger partial charge in [0.05, 0.1) is 17.8 Å². The molecular formula is C25H42O5. The van der Waals surface area contributed by atoms with Crippen LogP contribution < -0.4 is 0 Å². The summed E-state index contributed by atoms with van der Waals surface area (Å²) in [6, 6.07) is 0. The van der Waals surface area contributed by atoms with Gasteiger partial charge in [0, 0.05) is 25.2 Å². The van der Waals surface area contributed by atoms with Gasteiger partial charge in [0.2, 0.25) is 0 Å². The van der Waals surface area contributed by atoms with Crippen molar-refractivity contribution in [2.75, 3.05) is 0 Å². The van der Waals surface area contributed by atoms with Crippen molar-refractivity contribution in [1.29, 1.82) is 0 Å². The van der Waals surface area contributed by atoms with Gasteiger partial charge in [-0.05, 0) is 31.6 Å². The first-order valence-electron chi connectivity index (χ1n) is 11.7. The van der Waals surface area contributed by atoms with Crippen LogP contribution in [-0.4, -0.2) is 44.2 Å². The maximum absolute atomic E-state index is 10.9. The molecule has 1 fully saturated rings. The summed E-state index contributed by atoms with van der Waals surface area (Å²) < 4.78 is 0. The third-order valence-electron chi connectivity index (χ3n) is 6.38. The summed E-state index contributed by atoms with van der Waals surface area (Å²) in [5.74, 6) is 1.72. The Morgan fingerprint density at radius 1 is 1.10 bits per heavy atom. The molecule has 1 unspecified atom stereocenters. The van der Waals surface area contributed by atoms with Crippen LogP contribution in [0.2, 0.25) is 0 Å². The molecular weight excluding hydrogens is 380 g/mol. The Bertz CT molecular complexity index is 552. The molecule has 5 nitrogen and oxygen atoms in total. The highest BCUT2D eigenvalue weighted by atomic mass is 16.4. The van der Waals surface area contributed by atoms with Crippen molar-refractivity contribution in [1.82, 2.24) is 0 Å². The fraction of sp³-hybridized carbons (Fsp3) is 0.800. The van der Waals surface area contributed by atoms with Crippen molar-refractivity contribution in [3.63, 3.8) is 0 Å². The van der Waals surface area contributed by atoms with E-state index in [0.29, 0.717) is 32.1 Å². The van der Waals surface area contributed by atoms with E-state index in [9.17, 15) is 20.1 Å². The van der Waals surface area contributed by atoms with E-state index in [1.807, 2.05) is 12.2 Å². The van der Waals surface area contributed by atoms with Crippen molar-refractivity contribution in [3.8, 4) is 12.3 Å². The lowest BCUT2D eigenvalue weighted by Gasteiger charge is -2.26. The number of carbonyl (C=O) groups is 1. The lowest BCUT2D eigenvalue weighted by Crippen LogP contribution is -2.27. The zero-order valence-corrected chi connectivity index (χ0v) is 18.6. The van der Waals surface area contributed by atoms with Gasteiger partial charge >= 0.3 is 5.97 Å². The van der Waals surface area contributed by atoms with Gasteiger partial charge < -0.3 is 20.4 Å². The van der Waals surface area contributed by atoms with Gasteiger partial charge in [-0.3, -0.25) is 4.79 Å². The number of aliphatic carboxylic acids is 1. The van der Waals surface area contributed by atoms with Gasteiger partial charge in [0.15, 0.2) is 0 Å². The first-order chi connectivity index (χ1) is 14.3. The molecule has 1 rings (SSSR count). The second-order valence-corrected chi connectivity index (χ2v) is 9.01. The molecule has 0 heterocycles. The van der Waals surface area contributed by atoms with E-state index in [1.165, 1.54) is 0 Å². The lowest BCUT2D eigenvalue weighted by atomic mass is 9.86. The van der Waals surface area contributed by atoms with Crippen LogP contribution in [0.1, 0.15) is 96.8 Å². The van der Waals surface area contributed by atoms with Gasteiger partial charge in [0.1, 0.15) is 0 Å². The van der Waals surface area contributed by atoms with Gasteiger partial charge in [-0.15, -0.1) is 12.3 Å². The quantitative estimate of drug-likeness (QED) is 0.167. The van der Waals surface area contributed by atoms with Crippen molar-refractivity contribution < 1.29 is 25.2 Å². The molecule has 172 valence electrons. The van der Waals surface area contributed by atoms with Gasteiger partial charge in [-0.2, -0.15) is 0 Å². The van der Waals surface area contributed by atoms with Crippen LogP contribution in [0.25, 0.3) is 0 Å². The summed E-state index contributed by atoms with van der Waals surface area (Å²) >= 11 is 0. The Morgan fingerprint density at radius 3 is 2.47 bits per heavy atom. The molecule has 0 saturated heterocycles. The third-order valence-corrected chi connectivity index (χ3v) is 6.38. The maximum Gasteiger partial charge on any atom is 0.303 e. The molecule has 5 atom stereocenters. The maximum atomic E-state index is 10.9. The second-order valence-electron chi connectivity index (χ2n) is 9.01. The molecule has 0 aromatic rings. The molecule has 1 aliphatic carbocycles. The van der Waals surface area contributed by atoms with Crippen LogP contribution in [0.4, 0.5) is 0 Å². The SMILES string of the molecule is C#CCC(O)(CC=C[C@@H]1[C@@H](CCCCCCC(=O)O)[C@@H](O)C[C@H]1O)CCCCCC. The molecule has 0 aromatic carbocycles. The Labute approximate surface area is 182 Å². The molecule has 30 heavy (non-hydrogen) atoms. The van der Waals surface area contributed by atoms with Gasteiger partial charge in [0.25, 0.3) is 0 Å². The fourth-order valence-electron chi connectivity index (χ4n) is 4.56. The second kappa shape index (κ2) is 14.6. The zero-order valence-electron chi connectivity index (χ0n) is 18.6. The smallest absolute Gasteiger partial charge is 0.303 e. The predicted octanol–water partition coefficient (Wildman–Crippen LogP) is 4.44. The molecule has 1 aliphatic rings. The summed E-state index contributed by atoms with van der Waals surface area (Å²) in [6.07, 6.45) is 18.9. The Kier molecular flexibility index (Phi) is 13.0. The number of unbranched alkanes of at least 4 members (excludes halogenated alkanes) is 6. The lowest BCUT2D eigenvalue weighted by molar-refractivity contribution is -0.137. The third kappa shape index (κ3) is 10.1. The first kappa shape index (κ1) is 26.7. The van der Waals surface area contributed by atoms with Crippen molar-refractivity contribution >= 4 is 5.97 Å². The molecule has 0 amide bonds. The van der Waals surface area contributed by atoms with Gasteiger partial charge in [-0.1, -0.05) is 64.0 Å². The van der Waals surface area contributed by atoms with Crippen LogP contribution in [-0.2, 0) is 4.79 Å². The molecule has 0 bridgehead atoms. The van der Waals surface area contributed by atoms with Crippen LogP contribution in [0.15, 0.2) is 12.2 Å². The average molecular weight is 423 g/mol. The summed E-state index contributed by atoms with van der Waals surface area (Å²) in [4.78, 5) is 10.6. The van der Waals surface area contributed by atoms with Crippen LogP contribution in [0.3, 0.4) is 0 Å². The van der Waals surface area contributed by atoms with Crippen molar-refractivity contribution in [3.05, 3.63) is 12.2 Å². The standard InChI is InChI=1S/C25H42O5/c1-3-5-6-11-17-25(30,16-4-2)18-12-14-21-20(22(26)19-23(21)27)13-9-7-8-10-15-24(28)29/h2,12,14,20-23,26-27,30H,3,5-11,13,15-19H2,1H3,(H,28,29)/t20-,21-,22+,23-,25?/m1/s1. The molecule has 0 aliphatic heterocycles. The fourth-order valence-corrected chi connectivity index (χ4v) is 4.56. The first-order valence-corrected chi connectivity index (χ1v) is 11.7. The van der Waals surface area contributed by atoms with E-state index in [4.69, 9.17) is 11.5 Å². The Balaban J connectivity index is 2.53. The van der Waals surface area contributed by atoms with E-state index in [2.05, 4.69) is 12.8 Å². The van der Waals surface area contributed by atoms with E-state index in [0.717, 1.165) is 51.4 Å². The minimum Gasteiger partial charge on any atom is -0.481 e. The largest absolute Gasteiger partial charge is 0.481 e. The van der Waals surface area contributed by atoms with E-state index >= 15 is 0 Å². The van der Waals surface area contributed by atoms with E-state index in [-0.39, 0.29) is 18.3 Å². The average Bonchev–Trinajstić information content (AvgIpc) is 2.95. The number of aliphatic hydroxyl groups is 3. The molecule has 0 aromatic heterocycles. The number of rotatable bonds is 16. The normalized spacial score (nSPS) is 26.0. The van der Waals surface area contributed by atoms with E-state index in [1.54, 1.807) is 0 Å². The molecule has 5 heteroatoms. The monoisotopic (exact) mass is 422 g/mol. The number of carboxylic acids is 1. The number of carboxylic acid groups (broad SMARTS) is 1. The summed E-state index contributed by atoms with van der Waals surface area (Å²) in [5, 5.41) is 40.3. The Morgan fingerprint density at radius 2 is 1.80 bits per heavy atom. The summed E-state index contributed by atoms with van der Waals surface area (Å²) in [7, 11) is 0. The topological polar surface area (TPSA) is 98.0 Å². The predicted molar refractivity (Wildman–Crippen MR) is 120 cm³/mol. The Hall–Kier alpha value is -1.35. The molecule has 0 spiro atoms. The number of hydrogen-bond acceptors (Lipinski definition) is 4. The van der Waals surface area contributed by atoms with Gasteiger partial charge in [-0.25, -0.2) is 0 Å². The molecule has 1 saturated carbocycles. The number of aliphatic hydroxyl groups excluding tert-OH is 2. The highest BCUT2D eigenvalue weighted by Crippen LogP contribution is 2.37. The van der Waals surface area contributed by atoms with E-state index < -0.39 is 23.8 Å². The number of hydrogen-bond donors (Lipinski definition) is 4. The minimum absolute atomic E-state index is 0.000930. The molecule has 0 radical (unpaired) electrons. The number of terminal acetylenes is 1. The van der Waals surface area contributed by atoms with Crippen LogP contribution in [0.5, 0.6) is 0 Å². The summed E-state index contributed by atoms with van der Waals surface area (Å²) in [6.45, 7) is 2.16. The highest BCUT2D eigenvalue weighted by Gasteiger charge is 2.39. The zero-order chi connectivity index (χ0) is 22.4. The van der Waals surface area contributed by atoms with Crippen LogP contribution >= 0.6 is 0 Å². The van der Waals surface area contributed by atoms with Crippen molar-refractivity contribution in [2.24, 2.45) is 11.8 Å². The van der Waals surface area contributed by atoms with Crippen LogP contribution in [0, 0.1) is 24.2 Å². The molecule has 4 N–H and O–H groups in total. The van der Waals surface area contributed by atoms with Crippen molar-refractivity contribution in [2.45, 2.75) is 115 Å².